The predicted octanol–water partition coefficient (Wildman–Crippen LogP) is 2.72. The van der Waals surface area contributed by atoms with Gasteiger partial charge in [0.2, 0.25) is 0 Å². The highest BCUT2D eigenvalue weighted by atomic mass is 32.2. The lowest BCUT2D eigenvalue weighted by Crippen LogP contribution is -2.55. The number of rotatable bonds is 5. The maximum atomic E-state index is 12.2. The van der Waals surface area contributed by atoms with E-state index in [0.717, 1.165) is 11.1 Å². The van der Waals surface area contributed by atoms with Gasteiger partial charge >= 0.3 is 6.09 Å². The van der Waals surface area contributed by atoms with Crippen LogP contribution in [0.1, 0.15) is 11.1 Å². The van der Waals surface area contributed by atoms with E-state index in [4.69, 9.17) is 8.92 Å². The number of carbonyl (C=O) groups is 1. The molecule has 1 amide bonds. The van der Waals surface area contributed by atoms with Crippen molar-refractivity contribution in [1.29, 1.82) is 0 Å². The maximum Gasteiger partial charge on any atom is 0.410 e. The number of hydrogen-bond acceptors (Lipinski definition) is 5. The van der Waals surface area contributed by atoms with E-state index in [1.165, 1.54) is 17.0 Å². The van der Waals surface area contributed by atoms with Crippen LogP contribution in [0, 0.1) is 6.92 Å². The van der Waals surface area contributed by atoms with Crippen molar-refractivity contribution in [2.45, 2.75) is 24.5 Å². The molecular formula is C18H19NO5S. The molecule has 1 heterocycles. The van der Waals surface area contributed by atoms with Crippen LogP contribution < -0.4 is 0 Å². The second-order valence-electron chi connectivity index (χ2n) is 5.93. The Hall–Kier alpha value is -2.38. The predicted molar refractivity (Wildman–Crippen MR) is 91.4 cm³/mol. The Morgan fingerprint density at radius 1 is 1.08 bits per heavy atom. The van der Waals surface area contributed by atoms with Gasteiger partial charge in [-0.15, -0.1) is 0 Å². The van der Waals surface area contributed by atoms with E-state index in [1.54, 1.807) is 12.1 Å². The standard InChI is InChI=1S/C18H19NO5S/c1-14-7-9-17(10-8-14)25(21,22)24-16-11-19(12-16)18(20)23-13-15-5-3-2-4-6-15/h2-10,16H,11-13H2,1H3. The largest absolute Gasteiger partial charge is 0.445 e. The van der Waals surface area contributed by atoms with Gasteiger partial charge in [-0.1, -0.05) is 48.0 Å². The first-order valence-electron chi connectivity index (χ1n) is 7.89. The minimum Gasteiger partial charge on any atom is -0.445 e. The summed E-state index contributed by atoms with van der Waals surface area (Å²) in [5, 5.41) is 0. The molecule has 0 bridgehead atoms. The number of carbonyl (C=O) groups excluding carboxylic acids is 1. The van der Waals surface area contributed by atoms with Gasteiger partial charge in [0.15, 0.2) is 0 Å². The molecule has 2 aromatic carbocycles. The van der Waals surface area contributed by atoms with Crippen LogP contribution in [0.4, 0.5) is 4.79 Å². The number of nitrogens with zero attached hydrogens (tertiary/aromatic N) is 1. The average molecular weight is 361 g/mol. The fourth-order valence-corrected chi connectivity index (χ4v) is 3.46. The molecule has 0 atom stereocenters. The summed E-state index contributed by atoms with van der Waals surface area (Å²) < 4.78 is 34.7. The van der Waals surface area contributed by atoms with Crippen LogP contribution >= 0.6 is 0 Å². The minimum absolute atomic E-state index is 0.114. The molecule has 132 valence electrons. The molecule has 0 aliphatic carbocycles. The van der Waals surface area contributed by atoms with E-state index in [2.05, 4.69) is 0 Å². The van der Waals surface area contributed by atoms with Crippen LogP contribution in [0.3, 0.4) is 0 Å². The second-order valence-corrected chi connectivity index (χ2v) is 7.50. The Morgan fingerprint density at radius 2 is 1.72 bits per heavy atom. The van der Waals surface area contributed by atoms with Crippen LogP contribution in [-0.4, -0.2) is 38.6 Å². The number of hydrogen-bond donors (Lipinski definition) is 0. The van der Waals surface area contributed by atoms with Gasteiger partial charge in [-0.2, -0.15) is 8.42 Å². The van der Waals surface area contributed by atoms with Crippen LogP contribution in [0.2, 0.25) is 0 Å². The molecule has 1 fully saturated rings. The summed E-state index contributed by atoms with van der Waals surface area (Å²) in [5.41, 5.74) is 1.86. The van der Waals surface area contributed by atoms with E-state index in [9.17, 15) is 13.2 Å². The molecule has 6 nitrogen and oxygen atoms in total. The van der Waals surface area contributed by atoms with Gasteiger partial charge in [-0.05, 0) is 24.6 Å². The first-order chi connectivity index (χ1) is 11.9. The zero-order chi connectivity index (χ0) is 17.9. The quantitative estimate of drug-likeness (QED) is 0.766. The fourth-order valence-electron chi connectivity index (χ4n) is 2.40. The molecule has 2 aromatic rings. The molecule has 0 aromatic heterocycles. The van der Waals surface area contributed by atoms with Crippen LogP contribution in [-0.2, 0) is 25.6 Å². The van der Waals surface area contributed by atoms with Gasteiger partial charge < -0.3 is 9.64 Å². The Kier molecular flexibility index (Phi) is 5.06. The van der Waals surface area contributed by atoms with Gasteiger partial charge in [0, 0.05) is 0 Å². The zero-order valence-electron chi connectivity index (χ0n) is 13.8. The molecule has 3 rings (SSSR count). The van der Waals surface area contributed by atoms with E-state index >= 15 is 0 Å². The van der Waals surface area contributed by atoms with Crippen molar-refractivity contribution in [2.24, 2.45) is 0 Å². The molecule has 1 aliphatic heterocycles. The van der Waals surface area contributed by atoms with E-state index in [1.807, 2.05) is 37.3 Å². The number of amides is 1. The lowest BCUT2D eigenvalue weighted by molar-refractivity contribution is 0.0115. The van der Waals surface area contributed by atoms with Crippen molar-refractivity contribution in [1.82, 2.24) is 4.90 Å². The smallest absolute Gasteiger partial charge is 0.410 e. The average Bonchev–Trinajstić information content (AvgIpc) is 2.57. The van der Waals surface area contributed by atoms with Crippen LogP contribution in [0.15, 0.2) is 59.5 Å². The summed E-state index contributed by atoms with van der Waals surface area (Å²) in [6.07, 6.45) is -1.02. The third-order valence-electron chi connectivity index (χ3n) is 3.88. The van der Waals surface area contributed by atoms with Crippen molar-refractivity contribution in [3.05, 3.63) is 65.7 Å². The Labute approximate surface area is 147 Å². The van der Waals surface area contributed by atoms with Gasteiger partial charge in [0.25, 0.3) is 10.1 Å². The minimum atomic E-state index is -3.82. The van der Waals surface area contributed by atoms with Crippen LogP contribution in [0.5, 0.6) is 0 Å². The molecule has 7 heteroatoms. The van der Waals surface area contributed by atoms with Crippen molar-refractivity contribution in [2.75, 3.05) is 13.1 Å². The van der Waals surface area contributed by atoms with E-state index in [-0.39, 0.29) is 24.6 Å². The molecule has 0 saturated carbocycles. The third-order valence-corrected chi connectivity index (χ3v) is 5.26. The summed E-state index contributed by atoms with van der Waals surface area (Å²) in [4.78, 5) is 13.4. The summed E-state index contributed by atoms with van der Waals surface area (Å²) in [5.74, 6) is 0. The summed E-state index contributed by atoms with van der Waals surface area (Å²) >= 11 is 0. The second kappa shape index (κ2) is 7.25. The highest BCUT2D eigenvalue weighted by Gasteiger charge is 2.36. The molecule has 0 N–H and O–H groups in total. The van der Waals surface area contributed by atoms with Gasteiger partial charge in [0.1, 0.15) is 12.7 Å². The van der Waals surface area contributed by atoms with Crippen molar-refractivity contribution >= 4 is 16.2 Å². The molecule has 1 saturated heterocycles. The highest BCUT2D eigenvalue weighted by Crippen LogP contribution is 2.21. The summed E-state index contributed by atoms with van der Waals surface area (Å²) in [6.45, 7) is 2.45. The number of ether oxygens (including phenoxy) is 1. The first kappa shape index (κ1) is 17.4. The van der Waals surface area contributed by atoms with Gasteiger partial charge in [0.05, 0.1) is 18.0 Å². The summed E-state index contributed by atoms with van der Waals surface area (Å²) in [6, 6.07) is 15.8. The Morgan fingerprint density at radius 3 is 2.36 bits per heavy atom. The van der Waals surface area contributed by atoms with Crippen LogP contribution in [0.25, 0.3) is 0 Å². The third kappa shape index (κ3) is 4.37. The Bertz CT molecular complexity index is 828. The topological polar surface area (TPSA) is 72.9 Å². The first-order valence-corrected chi connectivity index (χ1v) is 9.30. The SMILES string of the molecule is Cc1ccc(S(=O)(=O)OC2CN(C(=O)OCc3ccccc3)C2)cc1. The number of benzene rings is 2. The lowest BCUT2D eigenvalue weighted by Gasteiger charge is -2.37. The highest BCUT2D eigenvalue weighted by molar-refractivity contribution is 7.86. The molecule has 0 unspecified atom stereocenters. The van der Waals surface area contributed by atoms with Crippen molar-refractivity contribution < 1.29 is 22.1 Å². The van der Waals surface area contributed by atoms with Crippen molar-refractivity contribution in [3.8, 4) is 0 Å². The maximum absolute atomic E-state index is 12.2. The monoisotopic (exact) mass is 361 g/mol. The molecular weight excluding hydrogens is 342 g/mol. The molecule has 0 radical (unpaired) electrons. The number of aryl methyl sites for hydroxylation is 1. The Balaban J connectivity index is 1.47. The number of likely N-dealkylation sites (tertiary alicyclic amines) is 1. The molecule has 25 heavy (non-hydrogen) atoms. The van der Waals surface area contributed by atoms with E-state index in [0.29, 0.717) is 0 Å². The summed E-state index contributed by atoms with van der Waals surface area (Å²) in [7, 11) is -3.82. The lowest BCUT2D eigenvalue weighted by atomic mass is 10.2. The van der Waals surface area contributed by atoms with Gasteiger partial charge in [-0.3, -0.25) is 4.18 Å². The zero-order valence-corrected chi connectivity index (χ0v) is 14.6. The fraction of sp³-hybridized carbons (Fsp3) is 0.278. The van der Waals surface area contributed by atoms with Crippen molar-refractivity contribution in [3.63, 3.8) is 0 Å². The molecule has 0 spiro atoms. The molecule has 1 aliphatic rings. The van der Waals surface area contributed by atoms with E-state index < -0.39 is 22.3 Å². The van der Waals surface area contributed by atoms with Gasteiger partial charge in [-0.25, -0.2) is 4.79 Å². The normalized spacial score (nSPS) is 14.8.